The second-order valence-electron chi connectivity index (χ2n) is 7.32. The monoisotopic (exact) mass is 396 g/mol. The number of ether oxygens (including phenoxy) is 2. The number of methoxy groups -OCH3 is 1. The minimum atomic E-state index is -0.249. The molecule has 2 aliphatic rings. The van der Waals surface area contributed by atoms with E-state index in [1.54, 1.807) is 7.11 Å². The highest BCUT2D eigenvalue weighted by molar-refractivity contribution is 6.01. The molecule has 0 aromatic heterocycles. The number of carbonyl (C=O) groups is 1. The van der Waals surface area contributed by atoms with E-state index < -0.39 is 0 Å². The molecule has 29 heavy (non-hydrogen) atoms. The average Bonchev–Trinajstić information content (AvgIpc) is 3.39. The van der Waals surface area contributed by atoms with Gasteiger partial charge in [-0.15, -0.1) is 0 Å². The summed E-state index contributed by atoms with van der Waals surface area (Å²) in [6.07, 6.45) is 0.748. The van der Waals surface area contributed by atoms with Crippen LogP contribution in [0, 0.1) is 0 Å². The second kappa shape index (κ2) is 8.71. The molecule has 3 N–H and O–H groups in total. The van der Waals surface area contributed by atoms with Crippen molar-refractivity contribution in [3.8, 4) is 11.5 Å². The molecule has 1 atom stereocenters. The van der Waals surface area contributed by atoms with Crippen molar-refractivity contribution in [1.82, 2.24) is 10.9 Å². The summed E-state index contributed by atoms with van der Waals surface area (Å²) >= 11 is 0. The van der Waals surface area contributed by atoms with Gasteiger partial charge < -0.3 is 19.7 Å². The Morgan fingerprint density at radius 1 is 1.17 bits per heavy atom. The van der Waals surface area contributed by atoms with Crippen LogP contribution in [0.25, 0.3) is 0 Å². The fourth-order valence-electron chi connectivity index (χ4n) is 3.98. The number of amides is 1. The van der Waals surface area contributed by atoms with Gasteiger partial charge >= 0.3 is 0 Å². The van der Waals surface area contributed by atoms with E-state index in [0.29, 0.717) is 19.1 Å². The minimum Gasteiger partial charge on any atom is -0.497 e. The van der Waals surface area contributed by atoms with Crippen LogP contribution in [-0.4, -0.2) is 45.3 Å². The molecule has 1 unspecified atom stereocenters. The molecule has 0 bridgehead atoms. The predicted octanol–water partition coefficient (Wildman–Crippen LogP) is 2.50. The predicted molar refractivity (Wildman–Crippen MR) is 114 cm³/mol. The molecular weight excluding hydrogens is 368 g/mol. The van der Waals surface area contributed by atoms with E-state index in [9.17, 15) is 4.79 Å². The van der Waals surface area contributed by atoms with Crippen LogP contribution in [0.3, 0.4) is 0 Å². The van der Waals surface area contributed by atoms with E-state index in [1.165, 1.54) is 5.56 Å². The lowest BCUT2D eigenvalue weighted by Gasteiger charge is -2.21. The molecule has 0 aliphatic carbocycles. The Morgan fingerprint density at radius 3 is 2.76 bits per heavy atom. The summed E-state index contributed by atoms with van der Waals surface area (Å²) in [7, 11) is 1.64. The largest absolute Gasteiger partial charge is 0.497 e. The number of hydrogen-bond acceptors (Lipinski definition) is 6. The first-order chi connectivity index (χ1) is 14.2. The number of carbonyl (C=O) groups excluding carboxylic acids is 1. The highest BCUT2D eigenvalue weighted by Crippen LogP contribution is 2.34. The van der Waals surface area contributed by atoms with Crippen LogP contribution in [0.2, 0.25) is 0 Å². The molecule has 2 aromatic carbocycles. The zero-order valence-corrected chi connectivity index (χ0v) is 16.9. The number of benzene rings is 2. The highest BCUT2D eigenvalue weighted by Gasteiger charge is 2.33. The fourth-order valence-corrected chi connectivity index (χ4v) is 3.98. The van der Waals surface area contributed by atoms with Crippen molar-refractivity contribution in [2.24, 2.45) is 0 Å². The molecule has 154 valence electrons. The third-order valence-electron chi connectivity index (χ3n) is 5.49. The first kappa shape index (κ1) is 19.5. The van der Waals surface area contributed by atoms with Gasteiger partial charge in [0.25, 0.3) is 0 Å². The van der Waals surface area contributed by atoms with E-state index in [2.05, 4.69) is 22.2 Å². The molecule has 2 heterocycles. The highest BCUT2D eigenvalue weighted by atomic mass is 16.5. The van der Waals surface area contributed by atoms with Gasteiger partial charge in [-0.05, 0) is 31.5 Å². The lowest BCUT2D eigenvalue weighted by Crippen LogP contribution is -2.33. The first-order valence-electron chi connectivity index (χ1n) is 10.1. The van der Waals surface area contributed by atoms with Gasteiger partial charge in [-0.3, -0.25) is 15.6 Å². The normalized spacial score (nSPS) is 19.6. The molecule has 2 fully saturated rings. The number of hydrazine groups is 1. The number of nitrogens with one attached hydrogen (secondary N) is 3. The van der Waals surface area contributed by atoms with Crippen LogP contribution in [0.15, 0.2) is 42.5 Å². The third-order valence-corrected chi connectivity index (χ3v) is 5.49. The standard InChI is InChI=1S/C22H28N4O3/c1-3-29-21-12-17(7-8-19(21)15-13-23-24-14-15)26-10-9-20(22(26)27)25-16-5-4-6-18(11-16)28-2/h4-8,11-12,15,20,23-25H,3,9-10,13-14H2,1-2H3. The van der Waals surface area contributed by atoms with Crippen molar-refractivity contribution in [3.05, 3.63) is 48.0 Å². The van der Waals surface area contributed by atoms with Gasteiger partial charge in [0.05, 0.1) is 13.7 Å². The molecule has 7 heteroatoms. The van der Waals surface area contributed by atoms with Crippen LogP contribution >= 0.6 is 0 Å². The first-order valence-corrected chi connectivity index (χ1v) is 10.1. The molecule has 0 saturated carbocycles. The van der Waals surface area contributed by atoms with Crippen molar-refractivity contribution in [1.29, 1.82) is 0 Å². The molecular formula is C22H28N4O3. The topological polar surface area (TPSA) is 74.9 Å². The molecule has 0 radical (unpaired) electrons. The molecule has 1 amide bonds. The van der Waals surface area contributed by atoms with Gasteiger partial charge in [0.2, 0.25) is 5.91 Å². The summed E-state index contributed by atoms with van der Waals surface area (Å²) in [5.41, 5.74) is 9.28. The molecule has 2 aliphatic heterocycles. The summed E-state index contributed by atoms with van der Waals surface area (Å²) in [6, 6.07) is 13.5. The Morgan fingerprint density at radius 2 is 2.00 bits per heavy atom. The maximum absolute atomic E-state index is 13.0. The molecule has 0 spiro atoms. The Hall–Kier alpha value is -2.77. The number of rotatable bonds is 7. The zero-order chi connectivity index (χ0) is 20.2. The van der Waals surface area contributed by atoms with E-state index in [4.69, 9.17) is 9.47 Å². The van der Waals surface area contributed by atoms with Crippen LogP contribution in [-0.2, 0) is 4.79 Å². The van der Waals surface area contributed by atoms with Crippen molar-refractivity contribution in [3.63, 3.8) is 0 Å². The van der Waals surface area contributed by atoms with Gasteiger partial charge in [0.15, 0.2) is 0 Å². The molecule has 7 nitrogen and oxygen atoms in total. The maximum Gasteiger partial charge on any atom is 0.249 e. The number of nitrogens with zero attached hydrogens (tertiary/aromatic N) is 1. The minimum absolute atomic E-state index is 0.0761. The Bertz CT molecular complexity index is 867. The molecule has 2 saturated heterocycles. The van der Waals surface area contributed by atoms with Gasteiger partial charge in [-0.2, -0.15) is 0 Å². The Labute approximate surface area is 171 Å². The van der Waals surface area contributed by atoms with Gasteiger partial charge in [-0.25, -0.2) is 0 Å². The van der Waals surface area contributed by atoms with Crippen LogP contribution in [0.5, 0.6) is 11.5 Å². The Kier molecular flexibility index (Phi) is 5.87. The summed E-state index contributed by atoms with van der Waals surface area (Å²) < 4.78 is 11.2. The van der Waals surface area contributed by atoms with Gasteiger partial charge in [0.1, 0.15) is 17.5 Å². The Balaban J connectivity index is 1.51. The van der Waals surface area contributed by atoms with Gasteiger partial charge in [-0.1, -0.05) is 12.1 Å². The molecule has 4 rings (SSSR count). The van der Waals surface area contributed by atoms with Crippen molar-refractivity contribution in [2.75, 3.05) is 43.6 Å². The summed E-state index contributed by atoms with van der Waals surface area (Å²) in [5.74, 6) is 2.07. The quantitative estimate of drug-likeness (QED) is 0.668. The second-order valence-corrected chi connectivity index (χ2v) is 7.32. The summed E-state index contributed by atoms with van der Waals surface area (Å²) in [5, 5.41) is 3.34. The van der Waals surface area contributed by atoms with Crippen molar-refractivity contribution in [2.45, 2.75) is 25.3 Å². The van der Waals surface area contributed by atoms with E-state index >= 15 is 0 Å². The van der Waals surface area contributed by atoms with Crippen molar-refractivity contribution >= 4 is 17.3 Å². The number of anilines is 2. The summed E-state index contributed by atoms with van der Waals surface area (Å²) in [6.45, 7) is 5.00. The van der Waals surface area contributed by atoms with Gasteiger partial charge in [0, 0.05) is 54.6 Å². The lowest BCUT2D eigenvalue weighted by atomic mass is 9.98. The smallest absolute Gasteiger partial charge is 0.249 e. The van der Waals surface area contributed by atoms with E-state index in [1.807, 2.05) is 48.2 Å². The van der Waals surface area contributed by atoms with E-state index in [0.717, 1.165) is 42.4 Å². The zero-order valence-electron chi connectivity index (χ0n) is 16.9. The summed E-state index contributed by atoms with van der Waals surface area (Å²) in [4.78, 5) is 14.9. The van der Waals surface area contributed by atoms with Crippen molar-refractivity contribution < 1.29 is 14.3 Å². The van der Waals surface area contributed by atoms with Crippen LogP contribution in [0.4, 0.5) is 11.4 Å². The van der Waals surface area contributed by atoms with E-state index in [-0.39, 0.29) is 11.9 Å². The van der Waals surface area contributed by atoms with Crippen LogP contribution in [0.1, 0.15) is 24.8 Å². The maximum atomic E-state index is 13.0. The lowest BCUT2D eigenvalue weighted by molar-refractivity contribution is -0.117. The SMILES string of the molecule is CCOc1cc(N2CCC(Nc3cccc(OC)c3)C2=O)ccc1C1CNNC1. The van der Waals surface area contributed by atoms with Crippen LogP contribution < -0.4 is 30.5 Å². The fraction of sp³-hybridized carbons (Fsp3) is 0.409. The molecule has 2 aromatic rings. The average molecular weight is 396 g/mol. The third kappa shape index (κ3) is 4.16. The number of hydrogen-bond donors (Lipinski definition) is 3.